The summed E-state index contributed by atoms with van der Waals surface area (Å²) in [5.41, 5.74) is 3.31. The van der Waals surface area contributed by atoms with Gasteiger partial charge >= 0.3 is 5.97 Å². The van der Waals surface area contributed by atoms with Gasteiger partial charge in [-0.25, -0.2) is 9.69 Å². The third kappa shape index (κ3) is 2.08. The summed E-state index contributed by atoms with van der Waals surface area (Å²) >= 11 is 14.7. The fourth-order valence-electron chi connectivity index (χ4n) is 5.67. The molecule has 5 nitrogen and oxygen atoms in total. The number of carboxylic acid groups (broad SMARTS) is 1. The smallest absolute Gasteiger partial charge is 0.335 e. The van der Waals surface area contributed by atoms with Gasteiger partial charge in [0.25, 0.3) is 0 Å². The van der Waals surface area contributed by atoms with E-state index >= 15 is 0 Å². The number of aromatic carboxylic acids is 1. The van der Waals surface area contributed by atoms with E-state index in [4.69, 9.17) is 23.2 Å². The van der Waals surface area contributed by atoms with E-state index in [0.29, 0.717) is 5.69 Å². The minimum atomic E-state index is -1.24. The van der Waals surface area contributed by atoms with Crippen molar-refractivity contribution in [2.24, 2.45) is 11.8 Å². The van der Waals surface area contributed by atoms with Gasteiger partial charge in [-0.15, -0.1) is 23.2 Å². The van der Waals surface area contributed by atoms with Gasteiger partial charge in [-0.3, -0.25) is 9.59 Å². The summed E-state index contributed by atoms with van der Waals surface area (Å²) in [5, 5.41) is 9.18. The van der Waals surface area contributed by atoms with Gasteiger partial charge < -0.3 is 5.11 Å². The second kappa shape index (κ2) is 6.21. The van der Waals surface area contributed by atoms with Crippen molar-refractivity contribution in [1.29, 1.82) is 0 Å². The van der Waals surface area contributed by atoms with Crippen LogP contribution < -0.4 is 4.90 Å². The highest BCUT2D eigenvalue weighted by Crippen LogP contribution is 2.69. The molecular formula is C25H15Cl2NO4. The average Bonchev–Trinajstić information content (AvgIpc) is 3.08. The Morgan fingerprint density at radius 3 is 1.44 bits per heavy atom. The van der Waals surface area contributed by atoms with Crippen molar-refractivity contribution < 1.29 is 19.5 Å². The second-order valence-electron chi connectivity index (χ2n) is 8.33. The first-order chi connectivity index (χ1) is 15.3. The lowest BCUT2D eigenvalue weighted by Gasteiger charge is -2.54. The fraction of sp³-hybridized carbons (Fsp3) is 0.160. The topological polar surface area (TPSA) is 74.7 Å². The Bertz CT molecular complexity index is 1230. The van der Waals surface area contributed by atoms with Crippen LogP contribution in [0, 0.1) is 11.8 Å². The van der Waals surface area contributed by atoms with Crippen LogP contribution in [0.5, 0.6) is 0 Å². The Hall–Kier alpha value is -3.15. The summed E-state index contributed by atoms with van der Waals surface area (Å²) in [7, 11) is 0. The molecular weight excluding hydrogens is 449 g/mol. The zero-order valence-electron chi connectivity index (χ0n) is 16.5. The number of amides is 2. The quantitative estimate of drug-likeness (QED) is 0.448. The monoisotopic (exact) mass is 463 g/mol. The molecule has 1 heterocycles. The van der Waals surface area contributed by atoms with E-state index < -0.39 is 39.4 Å². The normalized spacial score (nSPS) is 29.5. The first kappa shape index (κ1) is 19.5. The minimum absolute atomic E-state index is 0.0627. The molecule has 32 heavy (non-hydrogen) atoms. The van der Waals surface area contributed by atoms with E-state index in [0.717, 1.165) is 27.2 Å². The molecule has 0 spiro atoms. The van der Waals surface area contributed by atoms with Gasteiger partial charge in [0, 0.05) is 0 Å². The first-order valence-electron chi connectivity index (χ1n) is 10.1. The highest BCUT2D eigenvalue weighted by atomic mass is 35.5. The van der Waals surface area contributed by atoms with Gasteiger partial charge in [0.05, 0.1) is 23.1 Å². The maximum absolute atomic E-state index is 13.8. The van der Waals surface area contributed by atoms with Crippen LogP contribution in [-0.4, -0.2) is 22.9 Å². The Morgan fingerprint density at radius 1 is 0.719 bits per heavy atom. The van der Waals surface area contributed by atoms with Crippen LogP contribution in [-0.2, 0) is 19.3 Å². The van der Waals surface area contributed by atoms with E-state index in [-0.39, 0.29) is 5.56 Å². The van der Waals surface area contributed by atoms with Crippen molar-refractivity contribution in [2.45, 2.75) is 9.75 Å². The molecule has 0 unspecified atom stereocenters. The van der Waals surface area contributed by atoms with Crippen molar-refractivity contribution in [3.8, 4) is 0 Å². The van der Waals surface area contributed by atoms with Crippen LogP contribution in [0.3, 0.4) is 0 Å². The number of hydrogen-bond donors (Lipinski definition) is 1. The zero-order valence-corrected chi connectivity index (χ0v) is 18.0. The molecule has 2 bridgehead atoms. The number of carboxylic acids is 1. The molecule has 1 fully saturated rings. The molecule has 2 amide bonds. The lowest BCUT2D eigenvalue weighted by molar-refractivity contribution is -0.122. The summed E-state index contributed by atoms with van der Waals surface area (Å²) in [4.78, 5) is 37.4. The summed E-state index contributed by atoms with van der Waals surface area (Å²) in [6.45, 7) is 0. The predicted molar refractivity (Wildman–Crippen MR) is 119 cm³/mol. The van der Waals surface area contributed by atoms with Crippen LogP contribution in [0.25, 0.3) is 0 Å². The summed E-state index contributed by atoms with van der Waals surface area (Å²) in [6.07, 6.45) is 0. The Labute approximate surface area is 193 Å². The van der Waals surface area contributed by atoms with E-state index in [1.54, 1.807) is 0 Å². The number of imide groups is 1. The maximum atomic E-state index is 13.8. The molecule has 1 N–H and O–H groups in total. The fourth-order valence-corrected chi connectivity index (χ4v) is 6.77. The number of alkyl halides is 2. The molecule has 3 aromatic carbocycles. The van der Waals surface area contributed by atoms with Crippen LogP contribution in [0.15, 0.2) is 72.8 Å². The summed E-state index contributed by atoms with van der Waals surface area (Å²) < 4.78 is 0. The molecule has 2 atom stereocenters. The van der Waals surface area contributed by atoms with Gasteiger partial charge in [-0.05, 0) is 46.5 Å². The lowest BCUT2D eigenvalue weighted by Crippen LogP contribution is -2.57. The van der Waals surface area contributed by atoms with Gasteiger partial charge in [-0.2, -0.15) is 0 Å². The number of halogens is 2. The Morgan fingerprint density at radius 2 is 1.09 bits per heavy atom. The number of carbonyl (C=O) groups excluding carboxylic acids is 2. The van der Waals surface area contributed by atoms with Crippen LogP contribution in [0.4, 0.5) is 5.69 Å². The summed E-state index contributed by atoms with van der Waals surface area (Å²) in [5.74, 6) is -3.75. The van der Waals surface area contributed by atoms with Gasteiger partial charge in [0.1, 0.15) is 9.75 Å². The van der Waals surface area contributed by atoms with E-state index in [2.05, 4.69) is 0 Å². The SMILES string of the molecule is O=C(O)c1ccc(N2C(=O)[C@H]3[C@H](C2=O)C2(Cl)c4ccccc4C3(Cl)c3ccccc32)cc1. The number of anilines is 1. The first-order valence-corrected chi connectivity index (χ1v) is 10.9. The van der Waals surface area contributed by atoms with Crippen molar-refractivity contribution in [3.63, 3.8) is 0 Å². The van der Waals surface area contributed by atoms with Crippen molar-refractivity contribution in [2.75, 3.05) is 4.90 Å². The molecule has 3 aliphatic carbocycles. The van der Waals surface area contributed by atoms with Gasteiger partial charge in [0.15, 0.2) is 0 Å². The number of rotatable bonds is 2. The lowest BCUT2D eigenvalue weighted by atomic mass is 9.54. The van der Waals surface area contributed by atoms with Crippen molar-refractivity contribution in [3.05, 3.63) is 101 Å². The van der Waals surface area contributed by atoms with Crippen molar-refractivity contribution in [1.82, 2.24) is 0 Å². The molecule has 7 heteroatoms. The molecule has 0 saturated carbocycles. The Balaban J connectivity index is 1.60. The number of nitrogens with zero attached hydrogens (tertiary/aromatic N) is 1. The number of hydrogen-bond acceptors (Lipinski definition) is 3. The average molecular weight is 464 g/mol. The second-order valence-corrected chi connectivity index (χ2v) is 9.53. The molecule has 4 aliphatic rings. The third-order valence-corrected chi connectivity index (χ3v) is 8.24. The molecule has 3 aromatic rings. The molecule has 0 radical (unpaired) electrons. The summed E-state index contributed by atoms with van der Waals surface area (Å²) in [6, 6.07) is 20.5. The molecule has 158 valence electrons. The van der Waals surface area contributed by atoms with E-state index in [1.807, 2.05) is 48.5 Å². The zero-order chi connectivity index (χ0) is 22.4. The molecule has 0 aromatic heterocycles. The standard InChI is InChI=1S/C25H15Cl2NO4/c26-24-15-5-1-2-6-16(15)25(27,18-8-4-3-7-17(18)24)20-19(24)21(29)28(22(20)30)14-11-9-13(10-12-14)23(31)32/h1-12,19-20H,(H,31,32)/t19-,20-,24?,25?/m1/s1. The molecule has 1 aliphatic heterocycles. The largest absolute Gasteiger partial charge is 0.478 e. The number of benzene rings is 3. The highest BCUT2D eigenvalue weighted by Gasteiger charge is 2.73. The third-order valence-electron chi connectivity index (χ3n) is 6.96. The molecule has 1 saturated heterocycles. The molecule has 7 rings (SSSR count). The maximum Gasteiger partial charge on any atom is 0.335 e. The van der Waals surface area contributed by atoms with Crippen LogP contribution >= 0.6 is 23.2 Å². The highest BCUT2D eigenvalue weighted by molar-refractivity contribution is 6.38. The van der Waals surface area contributed by atoms with Crippen molar-refractivity contribution >= 4 is 46.7 Å². The minimum Gasteiger partial charge on any atom is -0.478 e. The van der Waals surface area contributed by atoms with E-state index in [9.17, 15) is 19.5 Å². The van der Waals surface area contributed by atoms with Gasteiger partial charge in [-0.1, -0.05) is 48.5 Å². The van der Waals surface area contributed by atoms with Gasteiger partial charge in [0.2, 0.25) is 11.8 Å². The van der Waals surface area contributed by atoms with Crippen LogP contribution in [0.2, 0.25) is 0 Å². The predicted octanol–water partition coefficient (Wildman–Crippen LogP) is 4.48. The van der Waals surface area contributed by atoms with E-state index in [1.165, 1.54) is 24.3 Å². The Kier molecular flexibility index (Phi) is 3.79. The van der Waals surface area contributed by atoms with Crippen LogP contribution in [0.1, 0.15) is 32.6 Å². The number of carbonyl (C=O) groups is 3.